The van der Waals surface area contributed by atoms with Crippen LogP contribution in [-0.2, 0) is 11.0 Å². The summed E-state index contributed by atoms with van der Waals surface area (Å²) < 4.78 is 54.8. The quantitative estimate of drug-likeness (QED) is 0.383. The lowest BCUT2D eigenvalue weighted by Crippen LogP contribution is -2.39. The van der Waals surface area contributed by atoms with Crippen LogP contribution in [0.15, 0.2) is 71.8 Å². The third-order valence-electron chi connectivity index (χ3n) is 6.56. The molecule has 0 saturated carbocycles. The summed E-state index contributed by atoms with van der Waals surface area (Å²) in [6.07, 6.45) is -4.14. The van der Waals surface area contributed by atoms with Gasteiger partial charge in [0, 0.05) is 30.7 Å². The number of alkyl halides is 3. The summed E-state index contributed by atoms with van der Waals surface area (Å²) in [7, 11) is 6.04. The Bertz CT molecular complexity index is 1410. The van der Waals surface area contributed by atoms with Gasteiger partial charge >= 0.3 is 6.18 Å². The molecule has 40 heavy (non-hydrogen) atoms. The molecule has 0 saturated heterocycles. The number of amides is 2. The number of ether oxygens (including phenoxy) is 3. The molecule has 4 rings (SSSR count). The molecule has 8 nitrogen and oxygen atoms in total. The molecule has 0 aliphatic carbocycles. The molecule has 3 aromatic carbocycles. The van der Waals surface area contributed by atoms with E-state index < -0.39 is 29.6 Å². The lowest BCUT2D eigenvalue weighted by Gasteiger charge is -2.25. The van der Waals surface area contributed by atoms with Crippen molar-refractivity contribution in [2.75, 3.05) is 34.9 Å². The van der Waals surface area contributed by atoms with Gasteiger partial charge in [0.05, 0.1) is 38.6 Å². The Balaban J connectivity index is 1.60. The van der Waals surface area contributed by atoms with Crippen LogP contribution in [0.2, 0.25) is 0 Å². The van der Waals surface area contributed by atoms with Gasteiger partial charge < -0.3 is 19.1 Å². The average molecular weight is 556 g/mol. The molecule has 11 heteroatoms. The van der Waals surface area contributed by atoms with Gasteiger partial charge in [-0.25, -0.2) is 5.01 Å². The molecule has 0 spiro atoms. The molecule has 0 unspecified atom stereocenters. The smallest absolute Gasteiger partial charge is 0.416 e. The molecular formula is C29H28F3N3O5. The van der Waals surface area contributed by atoms with E-state index in [9.17, 15) is 22.8 Å². The number of carbonyl (C=O) groups excluding carboxylic acids is 2. The van der Waals surface area contributed by atoms with Crippen molar-refractivity contribution in [2.24, 2.45) is 5.10 Å². The van der Waals surface area contributed by atoms with E-state index in [1.807, 2.05) is 12.1 Å². The first kappa shape index (κ1) is 28.5. The summed E-state index contributed by atoms with van der Waals surface area (Å²) in [5.41, 5.74) is 1.26. The van der Waals surface area contributed by atoms with Gasteiger partial charge in [-0.2, -0.15) is 18.3 Å². The van der Waals surface area contributed by atoms with Crippen molar-refractivity contribution >= 4 is 17.5 Å². The number of rotatable bonds is 8. The standard InChI is InChI=1S/C29H28F3N3O5/c1-34(28(37)19-5-9-20(10-6-19)29(30,31)32)17-27(36)35-25(18-7-11-21(38-2)12-8-18)16-24(33-35)23-14-13-22(39-3)15-26(23)40-4/h5-15,25H,16-17H2,1-4H3/t25-/m1/s1. The van der Waals surface area contributed by atoms with Crippen LogP contribution in [0.4, 0.5) is 13.2 Å². The summed E-state index contributed by atoms with van der Waals surface area (Å²) in [6, 6.07) is 15.9. The zero-order chi connectivity index (χ0) is 29.0. The van der Waals surface area contributed by atoms with Gasteiger partial charge in [0.1, 0.15) is 23.8 Å². The summed E-state index contributed by atoms with van der Waals surface area (Å²) in [5.74, 6) is 0.714. The Morgan fingerprint density at radius 3 is 2.12 bits per heavy atom. The first-order valence-corrected chi connectivity index (χ1v) is 12.2. The minimum absolute atomic E-state index is 0.0311. The monoisotopic (exact) mass is 555 g/mol. The molecule has 0 fully saturated rings. The van der Waals surface area contributed by atoms with Gasteiger partial charge in [0.25, 0.3) is 11.8 Å². The average Bonchev–Trinajstić information content (AvgIpc) is 3.41. The van der Waals surface area contributed by atoms with E-state index in [4.69, 9.17) is 14.2 Å². The zero-order valence-corrected chi connectivity index (χ0v) is 22.4. The number of halogens is 3. The molecule has 3 aromatic rings. The van der Waals surface area contributed by atoms with Crippen LogP contribution in [0.1, 0.15) is 39.5 Å². The third-order valence-corrected chi connectivity index (χ3v) is 6.56. The van der Waals surface area contributed by atoms with E-state index in [1.54, 1.807) is 44.6 Å². The largest absolute Gasteiger partial charge is 0.497 e. The summed E-state index contributed by atoms with van der Waals surface area (Å²) in [4.78, 5) is 27.6. The fourth-order valence-electron chi connectivity index (χ4n) is 4.39. The van der Waals surface area contributed by atoms with Gasteiger partial charge in [-0.1, -0.05) is 12.1 Å². The van der Waals surface area contributed by atoms with Crippen molar-refractivity contribution in [3.05, 3.63) is 89.0 Å². The Hall–Kier alpha value is -4.54. The highest BCUT2D eigenvalue weighted by atomic mass is 19.4. The molecule has 0 radical (unpaired) electrons. The van der Waals surface area contributed by atoms with Crippen molar-refractivity contribution < 1.29 is 37.0 Å². The predicted molar refractivity (Wildman–Crippen MR) is 142 cm³/mol. The van der Waals surface area contributed by atoms with E-state index in [2.05, 4.69) is 5.10 Å². The molecule has 2 amide bonds. The van der Waals surface area contributed by atoms with E-state index in [-0.39, 0.29) is 12.1 Å². The number of benzene rings is 3. The summed E-state index contributed by atoms with van der Waals surface area (Å²) in [5, 5.41) is 5.96. The molecule has 1 aliphatic rings. The Morgan fingerprint density at radius 2 is 1.55 bits per heavy atom. The van der Waals surface area contributed by atoms with Gasteiger partial charge in [-0.15, -0.1) is 0 Å². The highest BCUT2D eigenvalue weighted by Crippen LogP contribution is 2.37. The molecule has 210 valence electrons. The van der Waals surface area contributed by atoms with Gasteiger partial charge in [0.2, 0.25) is 0 Å². The van der Waals surface area contributed by atoms with Crippen LogP contribution in [0.25, 0.3) is 0 Å². The predicted octanol–water partition coefficient (Wildman–Crippen LogP) is 5.18. The van der Waals surface area contributed by atoms with Crippen LogP contribution >= 0.6 is 0 Å². The van der Waals surface area contributed by atoms with E-state index in [0.717, 1.165) is 34.7 Å². The van der Waals surface area contributed by atoms with Crippen molar-refractivity contribution in [3.63, 3.8) is 0 Å². The maximum absolute atomic E-state index is 13.5. The summed E-state index contributed by atoms with van der Waals surface area (Å²) >= 11 is 0. The maximum Gasteiger partial charge on any atom is 0.416 e. The number of hydrazone groups is 1. The molecule has 0 aromatic heterocycles. The van der Waals surface area contributed by atoms with E-state index >= 15 is 0 Å². The van der Waals surface area contributed by atoms with Gasteiger partial charge in [-0.3, -0.25) is 9.59 Å². The molecular weight excluding hydrogens is 527 g/mol. The van der Waals surface area contributed by atoms with Crippen molar-refractivity contribution in [1.82, 2.24) is 9.91 Å². The minimum atomic E-state index is -4.52. The second-order valence-electron chi connectivity index (χ2n) is 9.08. The SMILES string of the molecule is COc1ccc([C@H]2CC(c3ccc(OC)cc3OC)=NN2C(=O)CN(C)C(=O)c2ccc(C(F)(F)F)cc2)cc1. The molecule has 1 atom stereocenters. The maximum atomic E-state index is 13.5. The molecule has 0 bridgehead atoms. The van der Waals surface area contributed by atoms with Crippen LogP contribution in [0.3, 0.4) is 0 Å². The fraction of sp³-hybridized carbons (Fsp3) is 0.276. The first-order chi connectivity index (χ1) is 19.0. The number of methoxy groups -OCH3 is 3. The first-order valence-electron chi connectivity index (χ1n) is 12.2. The van der Waals surface area contributed by atoms with Crippen molar-refractivity contribution in [2.45, 2.75) is 18.6 Å². The molecule has 1 aliphatic heterocycles. The Labute approximate surface area is 229 Å². The van der Waals surface area contributed by atoms with Crippen LogP contribution in [0.5, 0.6) is 17.2 Å². The topological polar surface area (TPSA) is 80.7 Å². The number of carbonyl (C=O) groups is 2. The van der Waals surface area contributed by atoms with Crippen molar-refractivity contribution in [1.29, 1.82) is 0 Å². The number of likely N-dealkylation sites (N-methyl/N-ethyl adjacent to an activating group) is 1. The number of nitrogens with zero attached hydrogens (tertiary/aromatic N) is 3. The van der Waals surface area contributed by atoms with Gasteiger partial charge in [0.15, 0.2) is 0 Å². The second-order valence-corrected chi connectivity index (χ2v) is 9.08. The number of hydrogen-bond donors (Lipinski definition) is 0. The third kappa shape index (κ3) is 6.03. The van der Waals surface area contributed by atoms with Gasteiger partial charge in [-0.05, 0) is 54.1 Å². The minimum Gasteiger partial charge on any atom is -0.497 e. The molecule has 0 N–H and O–H groups in total. The lowest BCUT2D eigenvalue weighted by atomic mass is 9.97. The highest BCUT2D eigenvalue weighted by molar-refractivity contribution is 6.05. The van der Waals surface area contributed by atoms with E-state index in [1.165, 1.54) is 19.2 Å². The van der Waals surface area contributed by atoms with Crippen LogP contribution in [-0.4, -0.2) is 62.4 Å². The fourth-order valence-corrected chi connectivity index (χ4v) is 4.39. The number of hydrogen-bond acceptors (Lipinski definition) is 6. The highest BCUT2D eigenvalue weighted by Gasteiger charge is 2.35. The van der Waals surface area contributed by atoms with Crippen LogP contribution in [0, 0.1) is 0 Å². The zero-order valence-electron chi connectivity index (χ0n) is 22.4. The second kappa shape index (κ2) is 11.7. The van der Waals surface area contributed by atoms with E-state index in [0.29, 0.717) is 34.9 Å². The molecule has 1 heterocycles. The normalized spacial score (nSPS) is 14.9. The van der Waals surface area contributed by atoms with Crippen molar-refractivity contribution in [3.8, 4) is 17.2 Å². The Morgan fingerprint density at radius 1 is 0.925 bits per heavy atom. The Kier molecular flexibility index (Phi) is 8.32. The summed E-state index contributed by atoms with van der Waals surface area (Å²) in [6.45, 7) is -0.344. The lowest BCUT2D eigenvalue weighted by molar-refractivity contribution is -0.137. The van der Waals surface area contributed by atoms with Crippen LogP contribution < -0.4 is 14.2 Å².